The maximum Gasteiger partial charge on any atom is 0.203 e. The summed E-state index contributed by atoms with van der Waals surface area (Å²) in [6.07, 6.45) is 0. The minimum absolute atomic E-state index is 0.556. The van der Waals surface area contributed by atoms with Crippen LogP contribution in [0.5, 0.6) is 17.2 Å². The van der Waals surface area contributed by atoms with Gasteiger partial charge in [0.25, 0.3) is 0 Å². The zero-order chi connectivity index (χ0) is 16.9. The van der Waals surface area contributed by atoms with Crippen molar-refractivity contribution in [3.63, 3.8) is 0 Å². The summed E-state index contributed by atoms with van der Waals surface area (Å²) in [5, 5.41) is 10.7. The zero-order valence-electron chi connectivity index (χ0n) is 14.3. The standard InChI is InChI=1S/C16H23N5O3/c1-22-12-8-11(9-13(23-2)15(12)24-3)16-18-14(19-20-16)10-21-6-4-17-5-7-21/h8-9,17H,4-7,10H2,1-3H3,(H,18,19,20). The molecule has 0 bridgehead atoms. The Labute approximate surface area is 141 Å². The highest BCUT2D eigenvalue weighted by atomic mass is 16.5. The van der Waals surface area contributed by atoms with E-state index in [-0.39, 0.29) is 0 Å². The monoisotopic (exact) mass is 333 g/mol. The molecule has 0 atom stereocenters. The van der Waals surface area contributed by atoms with Crippen LogP contribution in [0.4, 0.5) is 0 Å². The lowest BCUT2D eigenvalue weighted by molar-refractivity contribution is 0.228. The van der Waals surface area contributed by atoms with E-state index in [0.717, 1.165) is 44.1 Å². The normalized spacial score (nSPS) is 15.3. The molecule has 1 aromatic heterocycles. The highest BCUT2D eigenvalue weighted by Crippen LogP contribution is 2.40. The van der Waals surface area contributed by atoms with Crippen molar-refractivity contribution >= 4 is 0 Å². The molecule has 1 fully saturated rings. The van der Waals surface area contributed by atoms with E-state index in [1.165, 1.54) is 0 Å². The predicted molar refractivity (Wildman–Crippen MR) is 89.6 cm³/mol. The summed E-state index contributed by atoms with van der Waals surface area (Å²) in [4.78, 5) is 6.94. The minimum Gasteiger partial charge on any atom is -0.493 e. The van der Waals surface area contributed by atoms with Gasteiger partial charge in [-0.15, -0.1) is 0 Å². The average Bonchev–Trinajstić information content (AvgIpc) is 3.09. The smallest absolute Gasteiger partial charge is 0.203 e. The van der Waals surface area contributed by atoms with Gasteiger partial charge in [0, 0.05) is 31.7 Å². The molecule has 130 valence electrons. The second-order valence-corrected chi connectivity index (χ2v) is 5.55. The molecule has 2 heterocycles. The number of methoxy groups -OCH3 is 3. The number of hydrogen-bond acceptors (Lipinski definition) is 7. The Morgan fingerprint density at radius 2 is 1.71 bits per heavy atom. The molecular formula is C16H23N5O3. The first-order valence-electron chi connectivity index (χ1n) is 7.90. The summed E-state index contributed by atoms with van der Waals surface area (Å²) in [5.74, 6) is 3.18. The maximum atomic E-state index is 5.38. The minimum atomic E-state index is 0.556. The van der Waals surface area contributed by atoms with Crippen molar-refractivity contribution < 1.29 is 14.2 Å². The second kappa shape index (κ2) is 7.50. The number of H-pyrrole nitrogens is 1. The third-order valence-electron chi connectivity index (χ3n) is 4.04. The molecule has 1 aromatic carbocycles. The quantitative estimate of drug-likeness (QED) is 0.812. The molecule has 2 aromatic rings. The summed E-state index contributed by atoms with van der Waals surface area (Å²) < 4.78 is 16.1. The largest absolute Gasteiger partial charge is 0.493 e. The zero-order valence-corrected chi connectivity index (χ0v) is 14.3. The van der Waals surface area contributed by atoms with Crippen LogP contribution in [0.25, 0.3) is 11.4 Å². The van der Waals surface area contributed by atoms with Gasteiger partial charge in [-0.05, 0) is 12.1 Å². The Morgan fingerprint density at radius 3 is 2.29 bits per heavy atom. The van der Waals surface area contributed by atoms with Gasteiger partial charge in [0.2, 0.25) is 5.75 Å². The Morgan fingerprint density at radius 1 is 1.04 bits per heavy atom. The predicted octanol–water partition coefficient (Wildman–Crippen LogP) is 0.903. The van der Waals surface area contributed by atoms with E-state index >= 15 is 0 Å². The van der Waals surface area contributed by atoms with Crippen LogP contribution >= 0.6 is 0 Å². The highest BCUT2D eigenvalue weighted by molar-refractivity contribution is 5.66. The van der Waals surface area contributed by atoms with Crippen molar-refractivity contribution in [2.75, 3.05) is 47.5 Å². The van der Waals surface area contributed by atoms with Gasteiger partial charge < -0.3 is 19.5 Å². The molecule has 24 heavy (non-hydrogen) atoms. The Hall–Kier alpha value is -2.32. The van der Waals surface area contributed by atoms with Gasteiger partial charge >= 0.3 is 0 Å². The molecule has 8 nitrogen and oxygen atoms in total. The van der Waals surface area contributed by atoms with E-state index in [0.29, 0.717) is 23.1 Å². The fourth-order valence-electron chi connectivity index (χ4n) is 2.79. The summed E-state index contributed by atoms with van der Waals surface area (Å²) in [6, 6.07) is 3.69. The second-order valence-electron chi connectivity index (χ2n) is 5.55. The van der Waals surface area contributed by atoms with Crippen LogP contribution in [-0.4, -0.2) is 67.6 Å². The first kappa shape index (κ1) is 16.5. The van der Waals surface area contributed by atoms with Crippen LogP contribution in [0.15, 0.2) is 12.1 Å². The first-order valence-corrected chi connectivity index (χ1v) is 7.90. The van der Waals surface area contributed by atoms with Crippen LogP contribution in [0, 0.1) is 0 Å². The number of piperazine rings is 1. The van der Waals surface area contributed by atoms with Crippen LogP contribution in [-0.2, 0) is 6.54 Å². The van der Waals surface area contributed by atoms with E-state index in [1.54, 1.807) is 21.3 Å². The lowest BCUT2D eigenvalue weighted by atomic mass is 10.1. The van der Waals surface area contributed by atoms with Crippen molar-refractivity contribution in [2.24, 2.45) is 0 Å². The van der Waals surface area contributed by atoms with E-state index in [1.807, 2.05) is 12.1 Å². The van der Waals surface area contributed by atoms with Crippen molar-refractivity contribution in [3.8, 4) is 28.6 Å². The van der Waals surface area contributed by atoms with Crippen molar-refractivity contribution in [3.05, 3.63) is 18.0 Å². The number of rotatable bonds is 6. The Balaban J connectivity index is 1.83. The fraction of sp³-hybridized carbons (Fsp3) is 0.500. The van der Waals surface area contributed by atoms with Crippen LogP contribution in [0.3, 0.4) is 0 Å². The van der Waals surface area contributed by atoms with Crippen LogP contribution in [0.2, 0.25) is 0 Å². The molecule has 0 spiro atoms. The number of aromatic nitrogens is 3. The number of aromatic amines is 1. The number of nitrogens with zero attached hydrogens (tertiary/aromatic N) is 3. The lowest BCUT2D eigenvalue weighted by Crippen LogP contribution is -2.43. The highest BCUT2D eigenvalue weighted by Gasteiger charge is 2.17. The van der Waals surface area contributed by atoms with E-state index in [9.17, 15) is 0 Å². The van der Waals surface area contributed by atoms with E-state index in [4.69, 9.17) is 14.2 Å². The molecule has 1 saturated heterocycles. The van der Waals surface area contributed by atoms with E-state index in [2.05, 4.69) is 25.4 Å². The summed E-state index contributed by atoms with van der Waals surface area (Å²) in [5.41, 5.74) is 0.812. The molecule has 0 radical (unpaired) electrons. The first-order chi connectivity index (χ1) is 11.7. The average molecular weight is 333 g/mol. The molecular weight excluding hydrogens is 310 g/mol. The summed E-state index contributed by atoms with van der Waals surface area (Å²) in [7, 11) is 4.77. The molecule has 1 aliphatic rings. The third-order valence-corrected chi connectivity index (χ3v) is 4.04. The summed E-state index contributed by atoms with van der Waals surface area (Å²) >= 11 is 0. The van der Waals surface area contributed by atoms with Crippen LogP contribution < -0.4 is 19.5 Å². The van der Waals surface area contributed by atoms with Gasteiger partial charge in [-0.1, -0.05) is 0 Å². The lowest BCUT2D eigenvalue weighted by Gasteiger charge is -2.25. The van der Waals surface area contributed by atoms with Crippen molar-refractivity contribution in [2.45, 2.75) is 6.54 Å². The molecule has 0 amide bonds. The Kier molecular flexibility index (Phi) is 5.17. The Bertz CT molecular complexity index is 657. The molecule has 2 N–H and O–H groups in total. The van der Waals surface area contributed by atoms with Gasteiger partial charge in [0.15, 0.2) is 17.3 Å². The van der Waals surface area contributed by atoms with Gasteiger partial charge in [0.05, 0.1) is 27.9 Å². The number of benzene rings is 1. The van der Waals surface area contributed by atoms with Crippen LogP contribution in [0.1, 0.15) is 5.82 Å². The van der Waals surface area contributed by atoms with Gasteiger partial charge in [-0.2, -0.15) is 5.10 Å². The maximum absolute atomic E-state index is 5.38. The van der Waals surface area contributed by atoms with Crippen molar-refractivity contribution in [1.82, 2.24) is 25.4 Å². The van der Waals surface area contributed by atoms with Crippen molar-refractivity contribution in [1.29, 1.82) is 0 Å². The third kappa shape index (κ3) is 3.44. The molecule has 0 unspecified atom stereocenters. The summed E-state index contributed by atoms with van der Waals surface area (Å²) in [6.45, 7) is 4.81. The number of ether oxygens (including phenoxy) is 3. The van der Waals surface area contributed by atoms with Gasteiger partial charge in [0.1, 0.15) is 5.82 Å². The fourth-order valence-corrected chi connectivity index (χ4v) is 2.79. The molecule has 8 heteroatoms. The van der Waals surface area contributed by atoms with E-state index < -0.39 is 0 Å². The SMILES string of the molecule is COc1cc(-c2n[nH]c(CN3CCNCC3)n2)cc(OC)c1OC. The van der Waals surface area contributed by atoms with Gasteiger partial charge in [-0.3, -0.25) is 10.00 Å². The topological polar surface area (TPSA) is 84.5 Å². The number of nitrogens with one attached hydrogen (secondary N) is 2. The molecule has 0 saturated carbocycles. The molecule has 3 rings (SSSR count). The number of hydrogen-bond donors (Lipinski definition) is 2. The molecule has 1 aliphatic heterocycles. The van der Waals surface area contributed by atoms with Gasteiger partial charge in [-0.25, -0.2) is 4.98 Å². The molecule has 0 aliphatic carbocycles.